The first-order chi connectivity index (χ1) is 12.6. The van der Waals surface area contributed by atoms with E-state index in [1.54, 1.807) is 6.20 Å². The highest BCUT2D eigenvalue weighted by atomic mass is 16.1. The van der Waals surface area contributed by atoms with Gasteiger partial charge in [-0.1, -0.05) is 42.5 Å². The Balaban J connectivity index is 1.59. The Morgan fingerprint density at radius 2 is 1.88 bits per heavy atom. The molecule has 0 radical (unpaired) electrons. The van der Waals surface area contributed by atoms with Gasteiger partial charge in [-0.15, -0.1) is 0 Å². The summed E-state index contributed by atoms with van der Waals surface area (Å²) in [5, 5.41) is 7.68. The summed E-state index contributed by atoms with van der Waals surface area (Å²) in [6.45, 7) is 3.99. The molecule has 4 heteroatoms. The van der Waals surface area contributed by atoms with Crippen LogP contribution in [0.25, 0.3) is 5.69 Å². The third-order valence-corrected chi connectivity index (χ3v) is 5.04. The number of aromatic nitrogens is 2. The smallest absolute Gasteiger partial charge is 0.255 e. The topological polar surface area (TPSA) is 46.9 Å². The van der Waals surface area contributed by atoms with Crippen molar-refractivity contribution in [2.75, 3.05) is 0 Å². The van der Waals surface area contributed by atoms with Gasteiger partial charge in [-0.05, 0) is 55.9 Å². The van der Waals surface area contributed by atoms with Crippen molar-refractivity contribution in [1.82, 2.24) is 15.1 Å². The van der Waals surface area contributed by atoms with Crippen LogP contribution in [-0.2, 0) is 0 Å². The summed E-state index contributed by atoms with van der Waals surface area (Å²) in [5.41, 5.74) is 4.81. The van der Waals surface area contributed by atoms with Crippen molar-refractivity contribution in [3.05, 3.63) is 83.2 Å². The lowest BCUT2D eigenvalue weighted by molar-refractivity contribution is 0.0931. The van der Waals surface area contributed by atoms with Crippen molar-refractivity contribution in [1.29, 1.82) is 0 Å². The van der Waals surface area contributed by atoms with E-state index >= 15 is 0 Å². The predicted molar refractivity (Wildman–Crippen MR) is 102 cm³/mol. The molecule has 1 atom stereocenters. The van der Waals surface area contributed by atoms with E-state index in [1.807, 2.05) is 41.9 Å². The highest BCUT2D eigenvalue weighted by Gasteiger charge is 2.34. The summed E-state index contributed by atoms with van der Waals surface area (Å²) in [6, 6.07) is 18.4. The van der Waals surface area contributed by atoms with Crippen molar-refractivity contribution in [2.45, 2.75) is 32.7 Å². The maximum absolute atomic E-state index is 12.9. The molecular weight excluding hydrogens is 322 g/mol. The van der Waals surface area contributed by atoms with Crippen molar-refractivity contribution in [3.63, 3.8) is 0 Å². The third kappa shape index (κ3) is 3.27. The van der Waals surface area contributed by atoms with Gasteiger partial charge in [-0.25, -0.2) is 4.68 Å². The molecule has 4 rings (SSSR count). The molecule has 0 aliphatic heterocycles. The van der Waals surface area contributed by atoms with Gasteiger partial charge in [-0.2, -0.15) is 5.10 Å². The standard InChI is InChI=1S/C22H23N3O/c1-15-7-6-10-19(13-15)25-16(2)20(14-23-25)22(26)24-21(18-11-12-18)17-8-4-3-5-9-17/h3-10,13-14,18,21H,11-12H2,1-2H3,(H,24,26)/t21-/m1/s1. The minimum absolute atomic E-state index is 0.0536. The zero-order valence-corrected chi connectivity index (χ0v) is 15.1. The highest BCUT2D eigenvalue weighted by Crippen LogP contribution is 2.41. The van der Waals surface area contributed by atoms with Crippen LogP contribution in [0.15, 0.2) is 60.8 Å². The molecule has 1 aromatic heterocycles. The van der Waals surface area contributed by atoms with E-state index in [1.165, 1.54) is 24.0 Å². The van der Waals surface area contributed by atoms with Crippen LogP contribution in [0.2, 0.25) is 0 Å². The Morgan fingerprint density at radius 3 is 2.58 bits per heavy atom. The molecule has 132 valence electrons. The molecule has 0 spiro atoms. The van der Waals surface area contributed by atoms with E-state index in [-0.39, 0.29) is 11.9 Å². The SMILES string of the molecule is Cc1cccc(-n2ncc(C(=O)N[C@H](c3ccccc3)C3CC3)c2C)c1. The van der Waals surface area contributed by atoms with Crippen LogP contribution in [0.4, 0.5) is 0 Å². The predicted octanol–water partition coefficient (Wildman–Crippen LogP) is 4.37. The largest absolute Gasteiger partial charge is 0.345 e. The van der Waals surface area contributed by atoms with Crippen LogP contribution in [0, 0.1) is 19.8 Å². The van der Waals surface area contributed by atoms with E-state index in [9.17, 15) is 4.79 Å². The molecule has 1 fully saturated rings. The van der Waals surface area contributed by atoms with Crippen LogP contribution in [0.3, 0.4) is 0 Å². The van der Waals surface area contributed by atoms with Gasteiger partial charge in [0.1, 0.15) is 0 Å². The monoisotopic (exact) mass is 345 g/mol. The maximum atomic E-state index is 12.9. The molecule has 2 aromatic carbocycles. The van der Waals surface area contributed by atoms with E-state index in [2.05, 4.69) is 41.6 Å². The van der Waals surface area contributed by atoms with Crippen molar-refractivity contribution < 1.29 is 4.79 Å². The van der Waals surface area contributed by atoms with Crippen LogP contribution in [0.5, 0.6) is 0 Å². The zero-order chi connectivity index (χ0) is 18.1. The Morgan fingerprint density at radius 1 is 1.12 bits per heavy atom. The number of rotatable bonds is 5. The second-order valence-electron chi connectivity index (χ2n) is 7.09. The van der Waals surface area contributed by atoms with Crippen LogP contribution in [0.1, 0.15) is 46.1 Å². The maximum Gasteiger partial charge on any atom is 0.255 e. The van der Waals surface area contributed by atoms with Gasteiger partial charge < -0.3 is 5.32 Å². The Bertz CT molecular complexity index is 926. The zero-order valence-electron chi connectivity index (χ0n) is 15.1. The van der Waals surface area contributed by atoms with Crippen LogP contribution >= 0.6 is 0 Å². The molecular formula is C22H23N3O. The van der Waals surface area contributed by atoms with Crippen molar-refractivity contribution in [3.8, 4) is 5.69 Å². The first-order valence-electron chi connectivity index (χ1n) is 9.11. The molecule has 4 nitrogen and oxygen atoms in total. The number of carbonyl (C=O) groups excluding carboxylic acids is 1. The molecule has 1 saturated carbocycles. The van der Waals surface area contributed by atoms with E-state index in [4.69, 9.17) is 0 Å². The number of nitrogens with one attached hydrogen (secondary N) is 1. The molecule has 0 bridgehead atoms. The molecule has 0 saturated heterocycles. The van der Waals surface area contributed by atoms with Gasteiger partial charge in [0.25, 0.3) is 5.91 Å². The summed E-state index contributed by atoms with van der Waals surface area (Å²) >= 11 is 0. The second kappa shape index (κ2) is 6.79. The van der Waals surface area contributed by atoms with Crippen molar-refractivity contribution in [2.24, 2.45) is 5.92 Å². The molecule has 1 amide bonds. The summed E-state index contributed by atoms with van der Waals surface area (Å²) < 4.78 is 1.83. The number of nitrogens with zero attached hydrogens (tertiary/aromatic N) is 2. The number of aryl methyl sites for hydroxylation is 1. The average molecular weight is 345 g/mol. The van der Waals surface area contributed by atoms with E-state index in [0.29, 0.717) is 11.5 Å². The van der Waals surface area contributed by atoms with Crippen LogP contribution in [-0.4, -0.2) is 15.7 Å². The number of benzene rings is 2. The average Bonchev–Trinajstić information content (AvgIpc) is 3.42. The first kappa shape index (κ1) is 16.6. The summed E-state index contributed by atoms with van der Waals surface area (Å²) in [5.74, 6) is 0.482. The molecule has 1 aliphatic rings. The van der Waals surface area contributed by atoms with E-state index in [0.717, 1.165) is 11.4 Å². The van der Waals surface area contributed by atoms with Gasteiger partial charge in [0.2, 0.25) is 0 Å². The van der Waals surface area contributed by atoms with Gasteiger partial charge in [0.15, 0.2) is 0 Å². The fourth-order valence-electron chi connectivity index (χ4n) is 3.43. The molecule has 1 heterocycles. The second-order valence-corrected chi connectivity index (χ2v) is 7.09. The minimum atomic E-state index is -0.0536. The fraction of sp³-hybridized carbons (Fsp3) is 0.273. The molecule has 3 aromatic rings. The van der Waals surface area contributed by atoms with Crippen LogP contribution < -0.4 is 5.32 Å². The lowest BCUT2D eigenvalue weighted by atomic mass is 10.0. The third-order valence-electron chi connectivity index (χ3n) is 5.04. The number of hydrogen-bond acceptors (Lipinski definition) is 2. The Hall–Kier alpha value is -2.88. The number of hydrogen-bond donors (Lipinski definition) is 1. The van der Waals surface area contributed by atoms with Gasteiger partial charge >= 0.3 is 0 Å². The lowest BCUT2D eigenvalue weighted by Gasteiger charge is -2.18. The first-order valence-corrected chi connectivity index (χ1v) is 9.11. The van der Waals surface area contributed by atoms with Gasteiger partial charge in [0, 0.05) is 0 Å². The van der Waals surface area contributed by atoms with Gasteiger partial charge in [0.05, 0.1) is 29.2 Å². The summed E-state index contributed by atoms with van der Waals surface area (Å²) in [7, 11) is 0. The lowest BCUT2D eigenvalue weighted by Crippen LogP contribution is -2.30. The molecule has 0 unspecified atom stereocenters. The molecule has 1 aliphatic carbocycles. The summed E-state index contributed by atoms with van der Waals surface area (Å²) in [4.78, 5) is 12.9. The quantitative estimate of drug-likeness (QED) is 0.746. The minimum Gasteiger partial charge on any atom is -0.345 e. The number of carbonyl (C=O) groups is 1. The van der Waals surface area contributed by atoms with Gasteiger partial charge in [-0.3, -0.25) is 4.79 Å². The molecule has 26 heavy (non-hydrogen) atoms. The van der Waals surface area contributed by atoms with Crippen molar-refractivity contribution >= 4 is 5.91 Å². The highest BCUT2D eigenvalue weighted by molar-refractivity contribution is 5.95. The summed E-state index contributed by atoms with van der Waals surface area (Å²) in [6.07, 6.45) is 4.00. The number of amides is 1. The Labute approximate surface area is 153 Å². The Kier molecular flexibility index (Phi) is 4.33. The van der Waals surface area contributed by atoms with E-state index < -0.39 is 0 Å². The fourth-order valence-corrected chi connectivity index (χ4v) is 3.43. The molecule has 1 N–H and O–H groups in total. The normalized spacial score (nSPS) is 14.8.